The average Bonchev–Trinajstić information content (AvgIpc) is 2.30. The number of rotatable bonds is 4. The Balaban J connectivity index is 3.15. The zero-order valence-corrected chi connectivity index (χ0v) is 11.8. The lowest BCUT2D eigenvalue weighted by Crippen LogP contribution is -2.09. The number of hydrogen-bond acceptors (Lipinski definition) is 3. The van der Waals surface area contributed by atoms with Gasteiger partial charge in [-0.05, 0) is 34.2 Å². The van der Waals surface area contributed by atoms with Gasteiger partial charge in [0.1, 0.15) is 5.69 Å². The number of methoxy groups -OCH3 is 1. The van der Waals surface area contributed by atoms with Crippen molar-refractivity contribution in [2.75, 3.05) is 7.11 Å². The lowest BCUT2D eigenvalue weighted by Gasteiger charge is -2.09. The summed E-state index contributed by atoms with van der Waals surface area (Å²) in [5.41, 5.74) is 0.433. The Bertz CT molecular complexity index is 429. The molecule has 0 radical (unpaired) electrons. The topological polar surface area (TPSA) is 39.2 Å². The summed E-state index contributed by atoms with van der Waals surface area (Å²) in [6.45, 7) is 0. The van der Waals surface area contributed by atoms with E-state index in [1.165, 1.54) is 13.2 Å². The summed E-state index contributed by atoms with van der Waals surface area (Å²) >= 11 is 7.43. The normalized spacial score (nSPS) is 10.7. The fourth-order valence-corrected chi connectivity index (χ4v) is 2.36. The number of halogens is 4. The van der Waals surface area contributed by atoms with Crippen LogP contribution in [0.25, 0.3) is 0 Å². The van der Waals surface area contributed by atoms with Gasteiger partial charge in [0.15, 0.2) is 0 Å². The third-order valence-electron chi connectivity index (χ3n) is 2.02. The van der Waals surface area contributed by atoms with Crippen molar-refractivity contribution in [2.45, 2.75) is 18.7 Å². The van der Waals surface area contributed by atoms with Gasteiger partial charge >= 0.3 is 5.97 Å². The molecule has 0 spiro atoms. The summed E-state index contributed by atoms with van der Waals surface area (Å²) in [5, 5.41) is 0. The molecule has 3 nitrogen and oxygen atoms in total. The molecule has 0 aliphatic carbocycles. The summed E-state index contributed by atoms with van der Waals surface area (Å²) in [4.78, 5) is 14.8. The molecule has 17 heavy (non-hydrogen) atoms. The van der Waals surface area contributed by atoms with E-state index in [-0.39, 0.29) is 23.7 Å². The van der Waals surface area contributed by atoms with Crippen molar-refractivity contribution in [1.82, 2.24) is 4.98 Å². The van der Waals surface area contributed by atoms with Crippen molar-refractivity contribution < 1.29 is 18.3 Å². The summed E-state index contributed by atoms with van der Waals surface area (Å²) in [6, 6.07) is 1.54. The molecule has 0 fully saturated rings. The van der Waals surface area contributed by atoms with Crippen LogP contribution < -0.4 is 0 Å². The molecule has 1 rings (SSSR count). The largest absolute Gasteiger partial charge is 0.469 e. The Morgan fingerprint density at radius 3 is 2.76 bits per heavy atom. The van der Waals surface area contributed by atoms with Crippen LogP contribution in [-0.2, 0) is 21.8 Å². The molecule has 0 amide bonds. The zero-order valence-electron chi connectivity index (χ0n) is 8.84. The first-order chi connectivity index (χ1) is 7.99. The zero-order chi connectivity index (χ0) is 13.0. The second-order valence-electron chi connectivity index (χ2n) is 3.16. The van der Waals surface area contributed by atoms with Crippen LogP contribution in [0.3, 0.4) is 0 Å². The van der Waals surface area contributed by atoms with E-state index in [0.717, 1.165) is 0 Å². The number of alkyl halides is 3. The van der Waals surface area contributed by atoms with Crippen molar-refractivity contribution >= 4 is 40.2 Å². The van der Waals surface area contributed by atoms with Crippen LogP contribution in [0.2, 0.25) is 0 Å². The smallest absolute Gasteiger partial charge is 0.311 e. The van der Waals surface area contributed by atoms with Crippen molar-refractivity contribution in [3.05, 3.63) is 26.6 Å². The highest BCUT2D eigenvalue weighted by atomic mass is 127. The van der Waals surface area contributed by atoms with Crippen LogP contribution in [0.1, 0.15) is 23.4 Å². The molecule has 94 valence electrons. The number of carbonyl (C=O) groups excluding carboxylic acids is 1. The first-order valence-corrected chi connectivity index (χ1v) is 6.20. The Morgan fingerprint density at radius 1 is 1.65 bits per heavy atom. The molecule has 0 unspecified atom stereocenters. The molecule has 0 saturated heterocycles. The maximum absolute atomic E-state index is 12.7. The van der Waals surface area contributed by atoms with Gasteiger partial charge < -0.3 is 4.74 Å². The van der Waals surface area contributed by atoms with E-state index in [4.69, 9.17) is 11.6 Å². The van der Waals surface area contributed by atoms with Gasteiger partial charge in [0.05, 0.1) is 19.2 Å². The number of ether oxygens (including phenoxy) is 1. The van der Waals surface area contributed by atoms with Gasteiger partial charge in [0.2, 0.25) is 0 Å². The van der Waals surface area contributed by atoms with Gasteiger partial charge in [-0.15, -0.1) is 11.6 Å². The highest BCUT2D eigenvalue weighted by Crippen LogP contribution is 2.27. The summed E-state index contributed by atoms with van der Waals surface area (Å²) in [6.07, 6.45) is -2.83. The molecule has 0 bridgehead atoms. The van der Waals surface area contributed by atoms with Crippen LogP contribution >= 0.6 is 34.2 Å². The third kappa shape index (κ3) is 3.74. The molecule has 1 aromatic rings. The van der Waals surface area contributed by atoms with Crippen molar-refractivity contribution in [3.8, 4) is 0 Å². The second-order valence-corrected chi connectivity index (χ2v) is 4.51. The molecule has 0 atom stereocenters. The van der Waals surface area contributed by atoms with E-state index in [1.54, 1.807) is 22.6 Å². The summed E-state index contributed by atoms with van der Waals surface area (Å²) in [7, 11) is 1.23. The molecule has 0 aliphatic heterocycles. The first kappa shape index (κ1) is 14.6. The van der Waals surface area contributed by atoms with E-state index in [2.05, 4.69) is 9.72 Å². The van der Waals surface area contributed by atoms with Crippen LogP contribution in [0.4, 0.5) is 8.78 Å². The van der Waals surface area contributed by atoms with Crippen molar-refractivity contribution in [1.29, 1.82) is 0 Å². The van der Waals surface area contributed by atoms with Gasteiger partial charge in [-0.3, -0.25) is 9.78 Å². The molecule has 0 aliphatic rings. The lowest BCUT2D eigenvalue weighted by molar-refractivity contribution is -0.139. The van der Waals surface area contributed by atoms with Gasteiger partial charge in [0, 0.05) is 9.45 Å². The van der Waals surface area contributed by atoms with E-state index in [9.17, 15) is 13.6 Å². The van der Waals surface area contributed by atoms with Crippen molar-refractivity contribution in [3.63, 3.8) is 0 Å². The Hall–Kier alpha value is -0.500. The quantitative estimate of drug-likeness (QED) is 0.461. The highest BCUT2D eigenvalue weighted by Gasteiger charge is 2.18. The number of hydrogen-bond donors (Lipinski definition) is 0. The third-order valence-corrected chi connectivity index (χ3v) is 3.55. The van der Waals surface area contributed by atoms with E-state index >= 15 is 0 Å². The van der Waals surface area contributed by atoms with E-state index in [0.29, 0.717) is 9.13 Å². The maximum atomic E-state index is 12.7. The lowest BCUT2D eigenvalue weighted by atomic mass is 10.2. The number of carbonyl (C=O) groups is 1. The van der Waals surface area contributed by atoms with Crippen LogP contribution in [-0.4, -0.2) is 18.1 Å². The molecule has 1 aromatic heterocycles. The van der Waals surface area contributed by atoms with Gasteiger partial charge in [-0.25, -0.2) is 8.78 Å². The number of aromatic nitrogens is 1. The number of nitrogens with zero attached hydrogens (tertiary/aromatic N) is 1. The molecular weight excluding hydrogens is 366 g/mol. The van der Waals surface area contributed by atoms with E-state index < -0.39 is 12.4 Å². The molecule has 0 saturated carbocycles. The SMILES string of the molecule is COC(=O)Cc1cc(CCl)c(I)c(C(F)F)n1. The standard InChI is InChI=1S/C10H9ClF2INO2/c1-17-7(16)3-6-2-5(4-11)8(14)9(15-6)10(12)13/h2,10H,3-4H2,1H3. The Labute approximate surface area is 116 Å². The fraction of sp³-hybridized carbons (Fsp3) is 0.400. The van der Waals surface area contributed by atoms with Crippen LogP contribution in [0.5, 0.6) is 0 Å². The van der Waals surface area contributed by atoms with Crippen LogP contribution in [0, 0.1) is 3.57 Å². The van der Waals surface area contributed by atoms with Gasteiger partial charge in [-0.1, -0.05) is 0 Å². The molecule has 7 heteroatoms. The van der Waals surface area contributed by atoms with Gasteiger partial charge in [-0.2, -0.15) is 0 Å². The Kier molecular flexibility index (Phi) is 5.51. The predicted molar refractivity (Wildman–Crippen MR) is 67.2 cm³/mol. The molecular formula is C10H9ClF2INO2. The monoisotopic (exact) mass is 375 g/mol. The van der Waals surface area contributed by atoms with Gasteiger partial charge in [0.25, 0.3) is 6.43 Å². The number of pyridine rings is 1. The van der Waals surface area contributed by atoms with E-state index in [1.807, 2.05) is 0 Å². The minimum atomic E-state index is -2.69. The Morgan fingerprint density at radius 2 is 2.29 bits per heavy atom. The van der Waals surface area contributed by atoms with Crippen molar-refractivity contribution in [2.24, 2.45) is 0 Å². The number of esters is 1. The minimum absolute atomic E-state index is 0.0920. The second kappa shape index (κ2) is 6.44. The summed E-state index contributed by atoms with van der Waals surface area (Å²) < 4.78 is 30.2. The maximum Gasteiger partial charge on any atom is 0.311 e. The minimum Gasteiger partial charge on any atom is -0.469 e. The average molecular weight is 376 g/mol. The molecule has 1 heterocycles. The first-order valence-electron chi connectivity index (χ1n) is 4.58. The highest BCUT2D eigenvalue weighted by molar-refractivity contribution is 14.1. The van der Waals surface area contributed by atoms with Crippen LogP contribution in [0.15, 0.2) is 6.07 Å². The molecule has 0 aromatic carbocycles. The predicted octanol–water partition coefficient (Wildman–Crippen LogP) is 3.08. The fourth-order valence-electron chi connectivity index (χ4n) is 1.22. The molecule has 0 N–H and O–H groups in total. The summed E-state index contributed by atoms with van der Waals surface area (Å²) in [5.74, 6) is -0.436.